The summed E-state index contributed by atoms with van der Waals surface area (Å²) in [7, 11) is -0.483. The molecular formula is C26H37N5O6Si. The zero-order valence-corrected chi connectivity index (χ0v) is 23.7. The van der Waals surface area contributed by atoms with Crippen molar-refractivity contribution < 1.29 is 28.5 Å². The molecule has 3 aromatic rings. The fourth-order valence-electron chi connectivity index (χ4n) is 3.93. The molecule has 0 radical (unpaired) electrons. The van der Waals surface area contributed by atoms with Crippen LogP contribution in [0.2, 0.25) is 18.1 Å². The first kappa shape index (κ1) is 28.3. The molecule has 0 aliphatic carbocycles. The Kier molecular flexibility index (Phi) is 8.60. The number of amides is 1. The fraction of sp³-hybridized carbons (Fsp3) is 0.538. The minimum absolute atomic E-state index is 0.0162. The third kappa shape index (κ3) is 5.95. The minimum Gasteiger partial charge on any atom is -0.414 e. The number of carbonyl (C=O) groups is 1. The predicted molar refractivity (Wildman–Crippen MR) is 144 cm³/mol. The Hall–Kier alpha value is -2.74. The second kappa shape index (κ2) is 11.6. The molecule has 0 unspecified atom stereocenters. The van der Waals surface area contributed by atoms with Crippen LogP contribution in [0.4, 0.5) is 5.82 Å². The van der Waals surface area contributed by atoms with Crippen LogP contribution in [-0.4, -0.2) is 84.1 Å². The first-order valence-electron chi connectivity index (χ1n) is 12.7. The van der Waals surface area contributed by atoms with Crippen LogP contribution in [0.5, 0.6) is 0 Å². The second-order valence-electron chi connectivity index (χ2n) is 10.8. The number of imidazole rings is 1. The van der Waals surface area contributed by atoms with Gasteiger partial charge in [0.1, 0.15) is 24.6 Å². The number of hydrogen-bond acceptors (Lipinski definition) is 9. The van der Waals surface area contributed by atoms with E-state index in [1.807, 2.05) is 6.07 Å². The van der Waals surface area contributed by atoms with E-state index in [9.17, 15) is 9.90 Å². The number of aliphatic hydroxyl groups is 1. The largest absolute Gasteiger partial charge is 0.414 e. The van der Waals surface area contributed by atoms with Crippen LogP contribution in [0.15, 0.2) is 43.0 Å². The summed E-state index contributed by atoms with van der Waals surface area (Å²) in [6.07, 6.45) is -0.0963. The molecule has 4 rings (SSSR count). The van der Waals surface area contributed by atoms with Crippen molar-refractivity contribution in [3.63, 3.8) is 0 Å². The molecule has 0 bridgehead atoms. The number of carbonyl (C=O) groups excluding carboxylic acids is 1. The number of anilines is 1. The van der Waals surface area contributed by atoms with Gasteiger partial charge < -0.3 is 29.1 Å². The molecule has 2 N–H and O–H groups in total. The number of aromatic nitrogens is 4. The van der Waals surface area contributed by atoms with Gasteiger partial charge in [-0.1, -0.05) is 39.0 Å². The van der Waals surface area contributed by atoms with Crippen molar-refractivity contribution in [3.8, 4) is 0 Å². The number of fused-ring (bicyclic) bond motifs is 1. The third-order valence-corrected chi connectivity index (χ3v) is 11.7. The lowest BCUT2D eigenvalue weighted by Crippen LogP contribution is -2.44. The Morgan fingerprint density at radius 1 is 1.16 bits per heavy atom. The number of rotatable bonds is 10. The zero-order chi connectivity index (χ0) is 27.5. The maximum atomic E-state index is 12.7. The number of nitrogens with zero attached hydrogens (tertiary/aromatic N) is 4. The van der Waals surface area contributed by atoms with Gasteiger partial charge >= 0.3 is 0 Å². The molecule has 11 nitrogen and oxygen atoms in total. The molecule has 2 aromatic heterocycles. The summed E-state index contributed by atoms with van der Waals surface area (Å²) in [5.41, 5.74) is 1.33. The Morgan fingerprint density at radius 2 is 1.89 bits per heavy atom. The van der Waals surface area contributed by atoms with Crippen molar-refractivity contribution in [1.29, 1.82) is 0 Å². The lowest BCUT2D eigenvalue weighted by Gasteiger charge is -2.37. The van der Waals surface area contributed by atoms with E-state index in [0.29, 0.717) is 23.3 Å². The molecule has 3 heterocycles. The van der Waals surface area contributed by atoms with Crippen molar-refractivity contribution in [2.75, 3.05) is 32.2 Å². The van der Waals surface area contributed by atoms with E-state index in [1.54, 1.807) is 42.3 Å². The van der Waals surface area contributed by atoms with E-state index >= 15 is 0 Å². The Balaban J connectivity index is 1.59. The van der Waals surface area contributed by atoms with Gasteiger partial charge in [-0.15, -0.1) is 0 Å². The normalized spacial score (nSPS) is 22.2. The molecule has 1 fully saturated rings. The molecule has 0 saturated carbocycles. The van der Waals surface area contributed by atoms with Crippen molar-refractivity contribution in [2.45, 2.75) is 63.4 Å². The van der Waals surface area contributed by atoms with Crippen LogP contribution in [0.1, 0.15) is 37.4 Å². The average Bonchev–Trinajstić information content (AvgIpc) is 3.44. The molecule has 1 aliphatic rings. The van der Waals surface area contributed by atoms with Gasteiger partial charge in [0, 0.05) is 12.7 Å². The summed E-state index contributed by atoms with van der Waals surface area (Å²) in [4.78, 5) is 25.8. The summed E-state index contributed by atoms with van der Waals surface area (Å²) >= 11 is 0. The Bertz CT molecular complexity index is 1230. The van der Waals surface area contributed by atoms with Gasteiger partial charge in [0.2, 0.25) is 0 Å². The summed E-state index contributed by atoms with van der Waals surface area (Å²) in [6, 6.07) is 8.85. The number of aliphatic hydroxyl groups excluding tert-OH is 1. The van der Waals surface area contributed by atoms with Crippen LogP contribution in [0.25, 0.3) is 11.2 Å². The molecule has 12 heteroatoms. The number of nitrogens with one attached hydrogen (secondary N) is 1. The standard InChI is InChI=1S/C26H37N5O6Si/c1-26(2,3)38(5,6)36-14-18-20(32)21(35-13-12-34-4)25(37-18)31-16-29-19-22(27-15-28-23(19)31)30-24(33)17-10-8-7-9-11-17/h7-11,15-16,18,20-21,25,32H,12-14H2,1-6H3,(H,27,28,30,33)/t18-,20-,21-,25-/m1/s1. The van der Waals surface area contributed by atoms with E-state index in [2.05, 4.69) is 54.1 Å². The maximum absolute atomic E-state index is 12.7. The quantitative estimate of drug-likeness (QED) is 0.292. The Morgan fingerprint density at radius 3 is 2.58 bits per heavy atom. The summed E-state index contributed by atoms with van der Waals surface area (Å²) < 4.78 is 25.5. The van der Waals surface area contributed by atoms with Gasteiger partial charge in [-0.05, 0) is 30.3 Å². The molecule has 38 heavy (non-hydrogen) atoms. The Labute approximate surface area is 223 Å². The van der Waals surface area contributed by atoms with Gasteiger partial charge in [-0.25, -0.2) is 15.0 Å². The maximum Gasteiger partial charge on any atom is 0.256 e. The van der Waals surface area contributed by atoms with Gasteiger partial charge in [0.25, 0.3) is 5.91 Å². The van der Waals surface area contributed by atoms with Gasteiger partial charge in [0.05, 0.1) is 26.1 Å². The van der Waals surface area contributed by atoms with Crippen LogP contribution < -0.4 is 5.32 Å². The molecule has 206 valence electrons. The topological polar surface area (TPSA) is 130 Å². The van der Waals surface area contributed by atoms with Crippen molar-refractivity contribution in [2.24, 2.45) is 0 Å². The number of benzene rings is 1. The fourth-order valence-corrected chi connectivity index (χ4v) is 4.95. The molecule has 4 atom stereocenters. The highest BCUT2D eigenvalue weighted by molar-refractivity contribution is 6.74. The van der Waals surface area contributed by atoms with Crippen LogP contribution in [0.3, 0.4) is 0 Å². The minimum atomic E-state index is -2.07. The van der Waals surface area contributed by atoms with Crippen molar-refractivity contribution in [1.82, 2.24) is 19.5 Å². The molecule has 0 spiro atoms. The second-order valence-corrected chi connectivity index (χ2v) is 15.6. The van der Waals surface area contributed by atoms with Crippen molar-refractivity contribution >= 4 is 31.2 Å². The predicted octanol–water partition coefficient (Wildman–Crippen LogP) is 3.39. The van der Waals surface area contributed by atoms with E-state index < -0.39 is 32.9 Å². The molecular weight excluding hydrogens is 506 g/mol. The molecule has 1 aliphatic heterocycles. The average molecular weight is 544 g/mol. The highest BCUT2D eigenvalue weighted by Crippen LogP contribution is 2.39. The van der Waals surface area contributed by atoms with Crippen LogP contribution in [0, 0.1) is 0 Å². The SMILES string of the molecule is COCCO[C@@H]1[C@H](O)[C@@H](CO[Si](C)(C)C(C)(C)C)O[C@H]1n1cnc2c(NC(=O)c3ccccc3)ncnc21. The van der Waals surface area contributed by atoms with Crippen LogP contribution >= 0.6 is 0 Å². The van der Waals surface area contributed by atoms with Gasteiger partial charge in [0.15, 0.2) is 31.5 Å². The lowest BCUT2D eigenvalue weighted by molar-refractivity contribution is -0.0782. The first-order chi connectivity index (χ1) is 18.0. The highest BCUT2D eigenvalue weighted by Gasteiger charge is 2.47. The lowest BCUT2D eigenvalue weighted by atomic mass is 10.1. The molecule has 1 amide bonds. The number of hydrogen-bond donors (Lipinski definition) is 2. The van der Waals surface area contributed by atoms with E-state index in [0.717, 1.165) is 0 Å². The monoisotopic (exact) mass is 543 g/mol. The van der Waals surface area contributed by atoms with E-state index in [1.165, 1.54) is 6.33 Å². The smallest absolute Gasteiger partial charge is 0.256 e. The van der Waals surface area contributed by atoms with Crippen molar-refractivity contribution in [3.05, 3.63) is 48.5 Å². The first-order valence-corrected chi connectivity index (χ1v) is 15.6. The van der Waals surface area contributed by atoms with E-state index in [4.69, 9.17) is 18.6 Å². The number of ether oxygens (including phenoxy) is 3. The highest BCUT2D eigenvalue weighted by atomic mass is 28.4. The third-order valence-electron chi connectivity index (χ3n) is 7.23. The molecule has 1 saturated heterocycles. The zero-order valence-electron chi connectivity index (χ0n) is 22.7. The van der Waals surface area contributed by atoms with E-state index in [-0.39, 0.29) is 30.0 Å². The number of methoxy groups -OCH3 is 1. The molecule has 1 aromatic carbocycles. The summed E-state index contributed by atoms with van der Waals surface area (Å²) in [6.45, 7) is 11.7. The van der Waals surface area contributed by atoms with Crippen LogP contribution in [-0.2, 0) is 18.6 Å². The van der Waals surface area contributed by atoms with Gasteiger partial charge in [-0.2, -0.15) is 0 Å². The van der Waals surface area contributed by atoms with Gasteiger partial charge in [-0.3, -0.25) is 9.36 Å². The summed E-state index contributed by atoms with van der Waals surface area (Å²) in [5.74, 6) is -0.0351. The summed E-state index contributed by atoms with van der Waals surface area (Å²) in [5, 5.41) is 14.0.